The molecule has 1 aliphatic heterocycles. The van der Waals surface area contributed by atoms with Crippen LogP contribution in [0.1, 0.15) is 35.0 Å². The number of carbonyl (C=O) groups excluding carboxylic acids is 3. The minimum Gasteiger partial charge on any atom is -0.465 e. The van der Waals surface area contributed by atoms with Crippen molar-refractivity contribution in [3.8, 4) is 11.3 Å². The Labute approximate surface area is 161 Å². The largest absolute Gasteiger partial charge is 0.465 e. The highest BCUT2D eigenvalue weighted by Gasteiger charge is 2.34. The summed E-state index contributed by atoms with van der Waals surface area (Å²) in [7, 11) is 1.34. The fourth-order valence-corrected chi connectivity index (χ4v) is 3.70. The van der Waals surface area contributed by atoms with Crippen LogP contribution in [-0.4, -0.2) is 35.7 Å². The summed E-state index contributed by atoms with van der Waals surface area (Å²) in [6, 6.07) is 8.80. The number of furan rings is 1. The second kappa shape index (κ2) is 7.84. The highest BCUT2D eigenvalue weighted by molar-refractivity contribution is 8.18. The highest BCUT2D eigenvalue weighted by atomic mass is 32.2. The maximum absolute atomic E-state index is 12.3. The molecule has 0 atom stereocenters. The monoisotopic (exact) mass is 385 g/mol. The summed E-state index contributed by atoms with van der Waals surface area (Å²) >= 11 is 0.911. The van der Waals surface area contributed by atoms with E-state index in [1.54, 1.807) is 30.3 Å². The molecule has 1 aliphatic rings. The molecule has 1 saturated heterocycles. The zero-order valence-corrected chi connectivity index (χ0v) is 16.1. The van der Waals surface area contributed by atoms with Crippen LogP contribution in [0, 0.1) is 6.92 Å². The van der Waals surface area contributed by atoms with Crippen molar-refractivity contribution in [1.29, 1.82) is 0 Å². The van der Waals surface area contributed by atoms with E-state index in [2.05, 4.69) is 0 Å². The molecule has 27 heavy (non-hydrogen) atoms. The molecule has 140 valence electrons. The lowest BCUT2D eigenvalue weighted by molar-refractivity contribution is -0.122. The van der Waals surface area contributed by atoms with E-state index >= 15 is 0 Å². The van der Waals surface area contributed by atoms with Gasteiger partial charge in [-0.3, -0.25) is 14.5 Å². The first kappa shape index (κ1) is 19.0. The molecule has 0 unspecified atom stereocenters. The van der Waals surface area contributed by atoms with E-state index in [1.807, 2.05) is 19.9 Å². The van der Waals surface area contributed by atoms with Crippen molar-refractivity contribution in [2.45, 2.75) is 20.3 Å². The molecule has 0 N–H and O–H groups in total. The molecule has 1 fully saturated rings. The van der Waals surface area contributed by atoms with Crippen LogP contribution in [0.5, 0.6) is 0 Å². The molecule has 0 saturated carbocycles. The standard InChI is InChI=1S/C20H19NO5S/c1-4-10-21-18(22)17(27-20(21)24)11-13-8-9-16(26-13)14-6-5-7-15(12(14)2)19(23)25-3/h5-9,11H,4,10H2,1-3H3/b17-11+. The van der Waals surface area contributed by atoms with Crippen molar-refractivity contribution in [3.63, 3.8) is 0 Å². The molecular weight excluding hydrogens is 366 g/mol. The summed E-state index contributed by atoms with van der Waals surface area (Å²) < 4.78 is 10.6. The average molecular weight is 385 g/mol. The number of methoxy groups -OCH3 is 1. The number of carbonyl (C=O) groups is 3. The van der Waals surface area contributed by atoms with E-state index < -0.39 is 5.97 Å². The van der Waals surface area contributed by atoms with Crippen molar-refractivity contribution in [3.05, 3.63) is 52.1 Å². The van der Waals surface area contributed by atoms with Crippen molar-refractivity contribution in [1.82, 2.24) is 4.90 Å². The molecule has 7 heteroatoms. The molecule has 2 amide bonds. The SMILES string of the molecule is CCCN1C(=O)S/C(=C/c2ccc(-c3cccc(C(=O)OC)c3C)o2)C1=O. The predicted octanol–water partition coefficient (Wildman–Crippen LogP) is 4.49. The van der Waals surface area contributed by atoms with Crippen LogP contribution in [0.15, 0.2) is 39.7 Å². The lowest BCUT2D eigenvalue weighted by atomic mass is 10.0. The molecule has 2 heterocycles. The van der Waals surface area contributed by atoms with E-state index in [0.29, 0.717) is 35.0 Å². The number of nitrogens with zero attached hydrogens (tertiary/aromatic N) is 1. The molecule has 0 bridgehead atoms. The third-order valence-corrected chi connectivity index (χ3v) is 5.13. The molecule has 0 radical (unpaired) electrons. The normalized spacial score (nSPS) is 15.7. The van der Waals surface area contributed by atoms with Crippen LogP contribution < -0.4 is 0 Å². The molecule has 3 rings (SSSR count). The van der Waals surface area contributed by atoms with Gasteiger partial charge in [0.15, 0.2) is 0 Å². The van der Waals surface area contributed by atoms with Gasteiger partial charge >= 0.3 is 5.97 Å². The number of hydrogen-bond acceptors (Lipinski definition) is 6. The lowest BCUT2D eigenvalue weighted by Gasteiger charge is -2.09. The Morgan fingerprint density at radius 1 is 1.26 bits per heavy atom. The maximum Gasteiger partial charge on any atom is 0.338 e. The molecule has 1 aromatic carbocycles. The Morgan fingerprint density at radius 3 is 2.74 bits per heavy atom. The quantitative estimate of drug-likeness (QED) is 0.558. The van der Waals surface area contributed by atoms with Gasteiger partial charge in [-0.2, -0.15) is 0 Å². The Balaban J connectivity index is 1.89. The molecule has 2 aromatic rings. The summed E-state index contributed by atoms with van der Waals surface area (Å²) in [5, 5.41) is -0.262. The van der Waals surface area contributed by atoms with E-state index in [1.165, 1.54) is 12.0 Å². The van der Waals surface area contributed by atoms with Crippen molar-refractivity contribution in [2.75, 3.05) is 13.7 Å². The van der Waals surface area contributed by atoms with Gasteiger partial charge in [-0.25, -0.2) is 4.79 Å². The number of ether oxygens (including phenoxy) is 1. The molecule has 0 aliphatic carbocycles. The summed E-state index contributed by atoms with van der Waals surface area (Å²) in [5.41, 5.74) is 1.97. The molecule has 1 aromatic heterocycles. The number of imide groups is 1. The maximum atomic E-state index is 12.3. The van der Waals surface area contributed by atoms with E-state index in [-0.39, 0.29) is 11.1 Å². The van der Waals surface area contributed by atoms with Crippen LogP contribution in [0.3, 0.4) is 0 Å². The number of amides is 2. The van der Waals surface area contributed by atoms with E-state index in [9.17, 15) is 14.4 Å². The molecular formula is C20H19NO5S. The third kappa shape index (κ3) is 3.68. The van der Waals surface area contributed by atoms with Gasteiger partial charge in [-0.15, -0.1) is 0 Å². The Morgan fingerprint density at radius 2 is 2.04 bits per heavy atom. The van der Waals surface area contributed by atoms with E-state index in [4.69, 9.17) is 9.15 Å². The predicted molar refractivity (Wildman–Crippen MR) is 103 cm³/mol. The van der Waals surface area contributed by atoms with Gasteiger partial charge in [0.1, 0.15) is 11.5 Å². The number of esters is 1. The van der Waals surface area contributed by atoms with E-state index in [0.717, 1.165) is 22.9 Å². The van der Waals surface area contributed by atoms with Crippen molar-refractivity contribution >= 4 is 35.0 Å². The van der Waals surface area contributed by atoms with Gasteiger partial charge in [-0.1, -0.05) is 19.1 Å². The van der Waals surface area contributed by atoms with Gasteiger partial charge in [0.2, 0.25) is 0 Å². The lowest BCUT2D eigenvalue weighted by Crippen LogP contribution is -2.28. The third-order valence-electron chi connectivity index (χ3n) is 4.23. The summed E-state index contributed by atoms with van der Waals surface area (Å²) in [6.45, 7) is 4.14. The fourth-order valence-electron chi connectivity index (χ4n) is 2.85. The highest BCUT2D eigenvalue weighted by Crippen LogP contribution is 2.34. The Kier molecular flexibility index (Phi) is 5.51. The zero-order valence-electron chi connectivity index (χ0n) is 15.3. The first-order chi connectivity index (χ1) is 13.0. The number of thioether (sulfide) groups is 1. The minimum absolute atomic E-state index is 0.262. The fraction of sp³-hybridized carbons (Fsp3) is 0.250. The number of hydrogen-bond donors (Lipinski definition) is 0. The topological polar surface area (TPSA) is 76.8 Å². The summed E-state index contributed by atoms with van der Waals surface area (Å²) in [4.78, 5) is 37.7. The summed E-state index contributed by atoms with van der Waals surface area (Å²) in [5.74, 6) is 0.326. The van der Waals surface area contributed by atoms with Crippen molar-refractivity contribution < 1.29 is 23.5 Å². The van der Waals surface area contributed by atoms with Crippen molar-refractivity contribution in [2.24, 2.45) is 0 Å². The number of benzene rings is 1. The van der Waals surface area contributed by atoms with Crippen LogP contribution in [-0.2, 0) is 9.53 Å². The Bertz CT molecular complexity index is 944. The summed E-state index contributed by atoms with van der Waals surface area (Å²) in [6.07, 6.45) is 2.29. The second-order valence-electron chi connectivity index (χ2n) is 6.01. The van der Waals surface area contributed by atoms with Gasteiger partial charge in [0.25, 0.3) is 11.1 Å². The zero-order chi connectivity index (χ0) is 19.6. The number of rotatable bonds is 5. The van der Waals surface area contributed by atoms with Crippen LogP contribution >= 0.6 is 11.8 Å². The first-order valence-electron chi connectivity index (χ1n) is 8.49. The minimum atomic E-state index is -0.411. The average Bonchev–Trinajstić information content (AvgIpc) is 3.22. The molecule has 0 spiro atoms. The van der Waals surface area contributed by atoms with Gasteiger partial charge < -0.3 is 9.15 Å². The Hall–Kier alpha value is -2.80. The van der Waals surface area contributed by atoms with Gasteiger partial charge in [0.05, 0.1) is 17.6 Å². The van der Waals surface area contributed by atoms with Crippen LogP contribution in [0.2, 0.25) is 0 Å². The first-order valence-corrected chi connectivity index (χ1v) is 9.31. The molecule has 6 nitrogen and oxygen atoms in total. The van der Waals surface area contributed by atoms with Crippen LogP contribution in [0.25, 0.3) is 17.4 Å². The van der Waals surface area contributed by atoms with Gasteiger partial charge in [-0.05, 0) is 48.9 Å². The van der Waals surface area contributed by atoms with Gasteiger partial charge in [0, 0.05) is 18.2 Å². The second-order valence-corrected chi connectivity index (χ2v) is 7.00. The smallest absolute Gasteiger partial charge is 0.338 e. The van der Waals surface area contributed by atoms with Crippen LogP contribution in [0.4, 0.5) is 4.79 Å².